The molecule has 3 nitrogen and oxygen atoms in total. The maximum atomic E-state index is 13.3. The van der Waals surface area contributed by atoms with Gasteiger partial charge in [0.15, 0.2) is 5.76 Å². The topological polar surface area (TPSA) is 42.2 Å². The Bertz CT molecular complexity index is 861. The summed E-state index contributed by atoms with van der Waals surface area (Å²) in [6.07, 6.45) is 1.53. The number of benzene rings is 2. The summed E-state index contributed by atoms with van der Waals surface area (Å²) in [7, 11) is 0. The van der Waals surface area contributed by atoms with Crippen LogP contribution in [0.1, 0.15) is 27.2 Å². The number of hydrogen-bond donors (Lipinski definition) is 1. The molecule has 1 aromatic heterocycles. The lowest BCUT2D eigenvalue weighted by Crippen LogP contribution is -2.23. The molecule has 25 heavy (non-hydrogen) atoms. The molecule has 1 N–H and O–H groups in total. The average molecular weight is 355 g/mol. The number of rotatable bonds is 6. The third kappa shape index (κ3) is 4.51. The number of nitrogens with one attached hydrogen (secondary N) is 1. The first kappa shape index (κ1) is 17.3. The van der Waals surface area contributed by atoms with E-state index in [1.807, 2.05) is 36.4 Å². The molecule has 0 bridgehead atoms. The monoisotopic (exact) mass is 355 g/mol. The minimum absolute atomic E-state index is 0.249. The molecule has 0 aliphatic heterocycles. The van der Waals surface area contributed by atoms with Gasteiger partial charge in [0, 0.05) is 22.8 Å². The van der Waals surface area contributed by atoms with Crippen molar-refractivity contribution in [2.75, 3.05) is 0 Å². The SMILES string of the molecule is Cc1cc(CNC(=O)c2occc2CSc2ccccc2)ccc1F. The summed E-state index contributed by atoms with van der Waals surface area (Å²) in [5.74, 6) is 0.457. The molecule has 3 rings (SSSR count). The maximum Gasteiger partial charge on any atom is 0.287 e. The third-order valence-electron chi connectivity index (χ3n) is 3.77. The molecular formula is C20H18FNO2S. The van der Waals surface area contributed by atoms with Gasteiger partial charge < -0.3 is 9.73 Å². The first-order valence-electron chi connectivity index (χ1n) is 7.91. The van der Waals surface area contributed by atoms with Crippen LogP contribution in [0.25, 0.3) is 0 Å². The van der Waals surface area contributed by atoms with Gasteiger partial charge >= 0.3 is 0 Å². The molecule has 3 aromatic rings. The highest BCUT2D eigenvalue weighted by atomic mass is 32.2. The number of carbonyl (C=O) groups is 1. The second-order valence-corrected chi connectivity index (χ2v) is 6.69. The average Bonchev–Trinajstić information content (AvgIpc) is 3.10. The normalized spacial score (nSPS) is 10.6. The fraction of sp³-hybridized carbons (Fsp3) is 0.150. The predicted molar refractivity (Wildman–Crippen MR) is 97.0 cm³/mol. The highest BCUT2D eigenvalue weighted by molar-refractivity contribution is 7.98. The maximum absolute atomic E-state index is 13.3. The van der Waals surface area contributed by atoms with Crippen molar-refractivity contribution in [1.29, 1.82) is 0 Å². The molecule has 0 unspecified atom stereocenters. The van der Waals surface area contributed by atoms with Crippen molar-refractivity contribution in [3.8, 4) is 0 Å². The highest BCUT2D eigenvalue weighted by Crippen LogP contribution is 2.24. The van der Waals surface area contributed by atoms with Crippen molar-refractivity contribution < 1.29 is 13.6 Å². The number of furan rings is 1. The lowest BCUT2D eigenvalue weighted by molar-refractivity contribution is 0.0922. The molecule has 0 saturated heterocycles. The van der Waals surface area contributed by atoms with Gasteiger partial charge in [-0.2, -0.15) is 0 Å². The zero-order chi connectivity index (χ0) is 17.6. The van der Waals surface area contributed by atoms with Crippen LogP contribution in [0.15, 0.2) is 70.2 Å². The van der Waals surface area contributed by atoms with Crippen LogP contribution in [0.5, 0.6) is 0 Å². The van der Waals surface area contributed by atoms with Crippen LogP contribution >= 0.6 is 11.8 Å². The van der Waals surface area contributed by atoms with Crippen molar-refractivity contribution in [2.45, 2.75) is 24.1 Å². The van der Waals surface area contributed by atoms with Gasteiger partial charge in [0.2, 0.25) is 0 Å². The van der Waals surface area contributed by atoms with Crippen molar-refractivity contribution in [3.05, 3.63) is 89.1 Å². The van der Waals surface area contributed by atoms with Gasteiger partial charge in [0.1, 0.15) is 5.82 Å². The molecule has 1 heterocycles. The Morgan fingerprint density at radius 1 is 1.16 bits per heavy atom. The van der Waals surface area contributed by atoms with Gasteiger partial charge in [-0.1, -0.05) is 30.3 Å². The van der Waals surface area contributed by atoms with Gasteiger partial charge in [-0.05, 0) is 42.3 Å². The molecule has 5 heteroatoms. The van der Waals surface area contributed by atoms with E-state index in [0.29, 0.717) is 23.6 Å². The molecule has 0 radical (unpaired) electrons. The predicted octanol–water partition coefficient (Wildman–Crippen LogP) is 4.95. The smallest absolute Gasteiger partial charge is 0.287 e. The van der Waals surface area contributed by atoms with E-state index < -0.39 is 0 Å². The van der Waals surface area contributed by atoms with E-state index in [9.17, 15) is 9.18 Å². The number of halogens is 1. The number of amides is 1. The van der Waals surface area contributed by atoms with E-state index >= 15 is 0 Å². The van der Waals surface area contributed by atoms with Crippen LogP contribution in [0.2, 0.25) is 0 Å². The van der Waals surface area contributed by atoms with E-state index in [2.05, 4.69) is 5.32 Å². The molecule has 0 aliphatic carbocycles. The quantitative estimate of drug-likeness (QED) is 0.636. The van der Waals surface area contributed by atoms with Crippen molar-refractivity contribution in [1.82, 2.24) is 5.32 Å². The second kappa shape index (κ2) is 8.03. The minimum atomic E-state index is -0.268. The van der Waals surface area contributed by atoms with Gasteiger partial charge in [-0.25, -0.2) is 4.39 Å². The Balaban J connectivity index is 1.61. The second-order valence-electron chi connectivity index (χ2n) is 5.64. The zero-order valence-corrected chi connectivity index (χ0v) is 14.6. The van der Waals surface area contributed by atoms with E-state index in [1.165, 1.54) is 12.3 Å². The van der Waals surface area contributed by atoms with Crippen LogP contribution < -0.4 is 5.32 Å². The van der Waals surface area contributed by atoms with Crippen LogP contribution in [0.4, 0.5) is 4.39 Å². The lowest BCUT2D eigenvalue weighted by Gasteiger charge is -2.07. The molecular weight excluding hydrogens is 337 g/mol. The molecule has 0 atom stereocenters. The van der Waals surface area contributed by atoms with E-state index in [0.717, 1.165) is 16.0 Å². The van der Waals surface area contributed by atoms with E-state index in [4.69, 9.17) is 4.42 Å². The zero-order valence-electron chi connectivity index (χ0n) is 13.8. The van der Waals surface area contributed by atoms with Crippen LogP contribution in [-0.2, 0) is 12.3 Å². The molecule has 0 spiro atoms. The number of thioether (sulfide) groups is 1. The summed E-state index contributed by atoms with van der Waals surface area (Å²) in [5, 5.41) is 2.82. The van der Waals surface area contributed by atoms with Crippen LogP contribution in [0, 0.1) is 12.7 Å². The fourth-order valence-electron chi connectivity index (χ4n) is 2.41. The Kier molecular flexibility index (Phi) is 5.56. The van der Waals surface area contributed by atoms with E-state index in [1.54, 1.807) is 30.8 Å². The summed E-state index contributed by atoms with van der Waals surface area (Å²) in [6, 6.07) is 16.6. The molecule has 0 fully saturated rings. The minimum Gasteiger partial charge on any atom is -0.459 e. The van der Waals surface area contributed by atoms with Crippen molar-refractivity contribution in [2.24, 2.45) is 0 Å². The van der Waals surface area contributed by atoms with Gasteiger partial charge in [-0.15, -0.1) is 11.8 Å². The van der Waals surface area contributed by atoms with Gasteiger partial charge in [-0.3, -0.25) is 4.79 Å². The standard InChI is InChI=1S/C20H18FNO2S/c1-14-11-15(7-8-18(14)21)12-22-20(23)19-16(9-10-24-19)13-25-17-5-3-2-4-6-17/h2-11H,12-13H2,1H3,(H,22,23). The van der Waals surface area contributed by atoms with Gasteiger partial charge in [0.05, 0.1) is 6.26 Å². The van der Waals surface area contributed by atoms with Crippen molar-refractivity contribution in [3.63, 3.8) is 0 Å². The Hall–Kier alpha value is -2.53. The molecule has 2 aromatic carbocycles. The van der Waals surface area contributed by atoms with Crippen molar-refractivity contribution >= 4 is 17.7 Å². The Morgan fingerprint density at radius 2 is 1.96 bits per heavy atom. The Labute approximate surface area is 150 Å². The molecule has 0 aliphatic rings. The Morgan fingerprint density at radius 3 is 2.72 bits per heavy atom. The summed E-state index contributed by atoms with van der Waals surface area (Å²) in [4.78, 5) is 13.5. The lowest BCUT2D eigenvalue weighted by atomic mass is 10.1. The molecule has 1 amide bonds. The summed E-state index contributed by atoms with van der Waals surface area (Å²) >= 11 is 1.65. The summed E-state index contributed by atoms with van der Waals surface area (Å²) in [6.45, 7) is 2.03. The largest absolute Gasteiger partial charge is 0.459 e. The fourth-order valence-corrected chi connectivity index (χ4v) is 3.30. The van der Waals surface area contributed by atoms with Crippen LogP contribution in [-0.4, -0.2) is 5.91 Å². The third-order valence-corrected chi connectivity index (χ3v) is 4.83. The van der Waals surface area contributed by atoms with Gasteiger partial charge in [0.25, 0.3) is 5.91 Å². The summed E-state index contributed by atoms with van der Waals surface area (Å²) in [5.41, 5.74) is 2.25. The first-order valence-corrected chi connectivity index (χ1v) is 8.89. The summed E-state index contributed by atoms with van der Waals surface area (Å²) < 4.78 is 18.7. The molecule has 128 valence electrons. The number of carbonyl (C=O) groups excluding carboxylic acids is 1. The molecule has 0 saturated carbocycles. The number of hydrogen-bond acceptors (Lipinski definition) is 3. The van der Waals surface area contributed by atoms with Crippen LogP contribution in [0.3, 0.4) is 0 Å². The first-order chi connectivity index (χ1) is 12.1. The van der Waals surface area contributed by atoms with E-state index in [-0.39, 0.29) is 11.7 Å². The number of aryl methyl sites for hydroxylation is 1. The highest BCUT2D eigenvalue weighted by Gasteiger charge is 2.15.